The SMILES string of the molecule is COc1cc(C)c(C)cc1C(CN)c1cc[nH]c1. The Hall–Kier alpha value is -1.74. The average Bonchev–Trinajstić information content (AvgIpc) is 2.88. The van der Waals surface area contributed by atoms with Gasteiger partial charge in [-0.05, 0) is 42.7 Å². The van der Waals surface area contributed by atoms with Gasteiger partial charge < -0.3 is 15.5 Å². The zero-order chi connectivity index (χ0) is 13.1. The number of benzene rings is 1. The molecule has 0 bridgehead atoms. The van der Waals surface area contributed by atoms with Gasteiger partial charge in [-0.25, -0.2) is 0 Å². The highest BCUT2D eigenvalue weighted by Crippen LogP contribution is 2.33. The Morgan fingerprint density at radius 3 is 2.56 bits per heavy atom. The van der Waals surface area contributed by atoms with Gasteiger partial charge in [-0.1, -0.05) is 6.07 Å². The number of nitrogens with two attached hydrogens (primary N) is 1. The molecule has 1 aromatic heterocycles. The van der Waals surface area contributed by atoms with Gasteiger partial charge in [0.25, 0.3) is 0 Å². The van der Waals surface area contributed by atoms with Crippen molar-refractivity contribution in [3.8, 4) is 5.75 Å². The van der Waals surface area contributed by atoms with Gasteiger partial charge in [0.15, 0.2) is 0 Å². The van der Waals surface area contributed by atoms with Crippen LogP contribution in [0.5, 0.6) is 5.75 Å². The lowest BCUT2D eigenvalue weighted by molar-refractivity contribution is 0.407. The molecule has 0 spiro atoms. The molecule has 1 aromatic carbocycles. The fourth-order valence-electron chi connectivity index (χ4n) is 2.26. The summed E-state index contributed by atoms with van der Waals surface area (Å²) in [5.74, 6) is 1.08. The summed E-state index contributed by atoms with van der Waals surface area (Å²) in [6.07, 6.45) is 3.91. The first-order chi connectivity index (χ1) is 8.67. The van der Waals surface area contributed by atoms with Crippen LogP contribution in [0.3, 0.4) is 0 Å². The van der Waals surface area contributed by atoms with Crippen LogP contribution >= 0.6 is 0 Å². The zero-order valence-corrected chi connectivity index (χ0v) is 11.2. The van der Waals surface area contributed by atoms with Crippen LogP contribution in [0.25, 0.3) is 0 Å². The summed E-state index contributed by atoms with van der Waals surface area (Å²) in [7, 11) is 1.71. The van der Waals surface area contributed by atoms with Crippen molar-refractivity contribution >= 4 is 0 Å². The van der Waals surface area contributed by atoms with Gasteiger partial charge in [0.1, 0.15) is 5.75 Å². The summed E-state index contributed by atoms with van der Waals surface area (Å²) < 4.78 is 5.50. The molecular weight excluding hydrogens is 224 g/mol. The van der Waals surface area contributed by atoms with Gasteiger partial charge >= 0.3 is 0 Å². The largest absolute Gasteiger partial charge is 0.496 e. The second-order valence-electron chi connectivity index (χ2n) is 4.61. The fourth-order valence-corrected chi connectivity index (χ4v) is 2.26. The van der Waals surface area contributed by atoms with Gasteiger partial charge in [-0.3, -0.25) is 0 Å². The second kappa shape index (κ2) is 5.27. The highest BCUT2D eigenvalue weighted by atomic mass is 16.5. The molecule has 3 N–H and O–H groups in total. The van der Waals surface area contributed by atoms with Crippen LogP contribution in [0.15, 0.2) is 30.6 Å². The topological polar surface area (TPSA) is 51.0 Å². The molecule has 1 atom stereocenters. The van der Waals surface area contributed by atoms with E-state index in [0.29, 0.717) is 6.54 Å². The Balaban J connectivity index is 2.51. The van der Waals surface area contributed by atoms with E-state index in [4.69, 9.17) is 10.5 Å². The predicted molar refractivity (Wildman–Crippen MR) is 74.2 cm³/mol. The third-order valence-electron chi connectivity index (χ3n) is 3.48. The predicted octanol–water partition coefficient (Wildman–Crippen LogP) is 2.73. The Morgan fingerprint density at radius 2 is 2.00 bits per heavy atom. The van der Waals surface area contributed by atoms with Crippen molar-refractivity contribution in [2.75, 3.05) is 13.7 Å². The lowest BCUT2D eigenvalue weighted by atomic mass is 9.90. The molecule has 3 nitrogen and oxygen atoms in total. The Bertz CT molecular complexity index is 518. The van der Waals surface area contributed by atoms with Crippen molar-refractivity contribution in [3.05, 3.63) is 52.8 Å². The molecule has 2 aromatic rings. The smallest absolute Gasteiger partial charge is 0.123 e. The van der Waals surface area contributed by atoms with E-state index in [9.17, 15) is 0 Å². The molecule has 1 unspecified atom stereocenters. The molecule has 0 aliphatic heterocycles. The molecule has 0 radical (unpaired) electrons. The van der Waals surface area contributed by atoms with E-state index in [0.717, 1.165) is 11.3 Å². The summed E-state index contributed by atoms with van der Waals surface area (Å²) in [4.78, 5) is 3.08. The first-order valence-electron chi connectivity index (χ1n) is 6.15. The molecule has 18 heavy (non-hydrogen) atoms. The minimum absolute atomic E-state index is 0.172. The van der Waals surface area contributed by atoms with E-state index >= 15 is 0 Å². The third kappa shape index (κ3) is 2.27. The number of H-pyrrole nitrogens is 1. The third-order valence-corrected chi connectivity index (χ3v) is 3.48. The summed E-state index contributed by atoms with van der Waals surface area (Å²) in [5.41, 5.74) is 10.8. The van der Waals surface area contributed by atoms with Crippen LogP contribution in [0.2, 0.25) is 0 Å². The molecule has 0 saturated heterocycles. The number of aryl methyl sites for hydroxylation is 2. The monoisotopic (exact) mass is 244 g/mol. The molecular formula is C15H20N2O. The zero-order valence-electron chi connectivity index (χ0n) is 11.2. The Kier molecular flexibility index (Phi) is 3.72. The van der Waals surface area contributed by atoms with Crippen molar-refractivity contribution in [2.45, 2.75) is 19.8 Å². The normalized spacial score (nSPS) is 12.4. The van der Waals surface area contributed by atoms with Crippen LogP contribution in [0.4, 0.5) is 0 Å². The molecule has 3 heteroatoms. The summed E-state index contributed by atoms with van der Waals surface area (Å²) in [6.45, 7) is 4.77. The molecule has 0 saturated carbocycles. The van der Waals surface area contributed by atoms with E-state index in [2.05, 4.69) is 37.0 Å². The summed E-state index contributed by atoms with van der Waals surface area (Å²) in [5, 5.41) is 0. The van der Waals surface area contributed by atoms with Crippen LogP contribution in [-0.4, -0.2) is 18.6 Å². The molecule has 96 valence electrons. The van der Waals surface area contributed by atoms with Crippen molar-refractivity contribution in [1.82, 2.24) is 4.98 Å². The number of hydrogen-bond donors (Lipinski definition) is 2. The van der Waals surface area contributed by atoms with E-state index in [1.165, 1.54) is 16.7 Å². The minimum Gasteiger partial charge on any atom is -0.496 e. The standard InChI is InChI=1S/C15H20N2O/c1-10-6-13(15(18-3)7-11(10)2)14(8-16)12-4-5-17-9-12/h4-7,9,14,17H,8,16H2,1-3H3. The highest BCUT2D eigenvalue weighted by molar-refractivity contribution is 5.47. The number of ether oxygens (including phenoxy) is 1. The van der Waals surface area contributed by atoms with E-state index in [1.807, 2.05) is 12.4 Å². The maximum absolute atomic E-state index is 5.94. The Labute approximate surface area is 108 Å². The van der Waals surface area contributed by atoms with Crippen molar-refractivity contribution < 1.29 is 4.74 Å². The van der Waals surface area contributed by atoms with Crippen LogP contribution in [0.1, 0.15) is 28.2 Å². The molecule has 0 aliphatic carbocycles. The molecule has 0 fully saturated rings. The number of aromatic amines is 1. The van der Waals surface area contributed by atoms with Crippen LogP contribution < -0.4 is 10.5 Å². The first-order valence-corrected chi connectivity index (χ1v) is 6.15. The van der Waals surface area contributed by atoms with Gasteiger partial charge in [0.05, 0.1) is 7.11 Å². The van der Waals surface area contributed by atoms with Crippen molar-refractivity contribution in [1.29, 1.82) is 0 Å². The summed E-state index contributed by atoms with van der Waals surface area (Å²) >= 11 is 0. The average molecular weight is 244 g/mol. The highest BCUT2D eigenvalue weighted by Gasteiger charge is 2.18. The number of hydrogen-bond acceptors (Lipinski definition) is 2. The van der Waals surface area contributed by atoms with Crippen LogP contribution in [-0.2, 0) is 0 Å². The number of methoxy groups -OCH3 is 1. The molecule has 1 heterocycles. The van der Waals surface area contributed by atoms with Crippen molar-refractivity contribution in [3.63, 3.8) is 0 Å². The number of aromatic nitrogens is 1. The van der Waals surface area contributed by atoms with Gasteiger partial charge in [0, 0.05) is 30.4 Å². The maximum Gasteiger partial charge on any atom is 0.123 e. The number of nitrogens with one attached hydrogen (secondary N) is 1. The van der Waals surface area contributed by atoms with Gasteiger partial charge in [-0.2, -0.15) is 0 Å². The second-order valence-corrected chi connectivity index (χ2v) is 4.61. The van der Waals surface area contributed by atoms with Crippen molar-refractivity contribution in [2.24, 2.45) is 5.73 Å². The maximum atomic E-state index is 5.94. The lowest BCUT2D eigenvalue weighted by Crippen LogP contribution is -2.14. The molecule has 0 aliphatic rings. The molecule has 0 amide bonds. The number of rotatable bonds is 4. The van der Waals surface area contributed by atoms with Gasteiger partial charge in [0.2, 0.25) is 0 Å². The lowest BCUT2D eigenvalue weighted by Gasteiger charge is -2.19. The minimum atomic E-state index is 0.172. The van der Waals surface area contributed by atoms with Gasteiger partial charge in [-0.15, -0.1) is 0 Å². The van der Waals surface area contributed by atoms with E-state index in [1.54, 1.807) is 7.11 Å². The van der Waals surface area contributed by atoms with E-state index in [-0.39, 0.29) is 5.92 Å². The van der Waals surface area contributed by atoms with Crippen LogP contribution in [0, 0.1) is 13.8 Å². The quantitative estimate of drug-likeness (QED) is 0.868. The summed E-state index contributed by atoms with van der Waals surface area (Å²) in [6, 6.07) is 6.32. The fraction of sp³-hybridized carbons (Fsp3) is 0.333. The Morgan fingerprint density at radius 1 is 1.28 bits per heavy atom. The first kappa shape index (κ1) is 12.7. The molecule has 2 rings (SSSR count). The van der Waals surface area contributed by atoms with E-state index < -0.39 is 0 Å².